The number of nitrogens with zero attached hydrogens (tertiary/aromatic N) is 2. The van der Waals surface area contributed by atoms with Gasteiger partial charge in [0.15, 0.2) is 0 Å². The van der Waals surface area contributed by atoms with Gasteiger partial charge in [0.2, 0.25) is 0 Å². The first kappa shape index (κ1) is 14.1. The molecular formula is C15H25N3O. The fourth-order valence-electron chi connectivity index (χ4n) is 2.74. The van der Waals surface area contributed by atoms with Crippen LogP contribution in [0.2, 0.25) is 0 Å². The van der Waals surface area contributed by atoms with Crippen LogP contribution in [0.5, 0.6) is 0 Å². The Kier molecular flexibility index (Phi) is 4.64. The molecular weight excluding hydrogens is 238 g/mol. The number of likely N-dealkylation sites (N-methyl/N-ethyl adjacent to an activating group) is 1. The van der Waals surface area contributed by atoms with Gasteiger partial charge >= 0.3 is 0 Å². The van der Waals surface area contributed by atoms with Crippen molar-refractivity contribution >= 4 is 0 Å². The summed E-state index contributed by atoms with van der Waals surface area (Å²) in [6.07, 6.45) is 5.37. The fraction of sp³-hybridized carbons (Fsp3) is 0.667. The number of aryl methyl sites for hydroxylation is 2. The van der Waals surface area contributed by atoms with E-state index in [9.17, 15) is 0 Å². The molecule has 2 heterocycles. The molecule has 106 valence electrons. The maximum Gasteiger partial charge on any atom is 0.109 e. The minimum absolute atomic E-state index is 0.339. The highest BCUT2D eigenvalue weighted by molar-refractivity contribution is 5.25. The molecule has 2 rings (SSSR count). The number of ether oxygens (including phenoxy) is 1. The topological polar surface area (TPSA) is 39.1 Å². The van der Waals surface area contributed by atoms with Gasteiger partial charge in [-0.15, -0.1) is 0 Å². The Hall–Kier alpha value is -1.29. The Bertz CT molecular complexity index is 462. The lowest BCUT2D eigenvalue weighted by atomic mass is 10.0. The van der Waals surface area contributed by atoms with Crippen LogP contribution in [-0.2, 0) is 18.2 Å². The van der Waals surface area contributed by atoms with Gasteiger partial charge < -0.3 is 10.1 Å². The Morgan fingerprint density at radius 3 is 2.79 bits per heavy atom. The van der Waals surface area contributed by atoms with Crippen molar-refractivity contribution in [3.8, 4) is 0 Å². The quantitative estimate of drug-likeness (QED) is 0.855. The van der Waals surface area contributed by atoms with Crippen LogP contribution in [0.4, 0.5) is 0 Å². The maximum atomic E-state index is 5.70. The second-order valence-electron chi connectivity index (χ2n) is 5.17. The number of nitrogens with one attached hydrogen (secondary N) is 1. The summed E-state index contributed by atoms with van der Waals surface area (Å²) in [7, 11) is 2.01. The lowest BCUT2D eigenvalue weighted by molar-refractivity contribution is 0.212. The summed E-state index contributed by atoms with van der Waals surface area (Å²) in [6.45, 7) is 8.18. The molecule has 1 atom stereocenters. The Balaban J connectivity index is 2.02. The van der Waals surface area contributed by atoms with Gasteiger partial charge in [-0.25, -0.2) is 0 Å². The second kappa shape index (κ2) is 6.24. The Morgan fingerprint density at radius 1 is 1.47 bits per heavy atom. The fourth-order valence-corrected chi connectivity index (χ4v) is 2.74. The van der Waals surface area contributed by atoms with E-state index < -0.39 is 0 Å². The molecule has 1 aromatic rings. The van der Waals surface area contributed by atoms with Crippen molar-refractivity contribution in [2.75, 3.05) is 13.2 Å². The lowest BCUT2D eigenvalue weighted by Gasteiger charge is -2.19. The molecule has 19 heavy (non-hydrogen) atoms. The second-order valence-corrected chi connectivity index (χ2v) is 5.17. The van der Waals surface area contributed by atoms with Gasteiger partial charge in [-0.3, -0.25) is 4.68 Å². The third-order valence-electron chi connectivity index (χ3n) is 3.87. The van der Waals surface area contributed by atoms with Gasteiger partial charge in [-0.1, -0.05) is 6.92 Å². The maximum absolute atomic E-state index is 5.70. The summed E-state index contributed by atoms with van der Waals surface area (Å²) in [5, 5.41) is 8.00. The molecule has 4 nitrogen and oxygen atoms in total. The number of rotatable bonds is 6. The predicted octanol–water partition coefficient (Wildman–Crippen LogP) is 2.25. The van der Waals surface area contributed by atoms with E-state index in [1.165, 1.54) is 11.3 Å². The third-order valence-corrected chi connectivity index (χ3v) is 3.87. The number of aromatic nitrogens is 2. The standard InChI is InChI=1S/C15H25N3O/c1-5-16-14(15-7-6-10-19-15)9-8-13-11(2)17-18(4)12(13)3/h7,14,16H,5-6,8-10H2,1-4H3. The van der Waals surface area contributed by atoms with E-state index in [4.69, 9.17) is 4.74 Å². The summed E-state index contributed by atoms with van der Waals surface area (Å²) in [5.41, 5.74) is 3.80. The minimum atomic E-state index is 0.339. The first-order chi connectivity index (χ1) is 9.13. The summed E-state index contributed by atoms with van der Waals surface area (Å²) < 4.78 is 7.67. The van der Waals surface area contributed by atoms with Crippen molar-refractivity contribution in [3.63, 3.8) is 0 Å². The molecule has 1 aliphatic rings. The molecule has 0 spiro atoms. The highest BCUT2D eigenvalue weighted by Crippen LogP contribution is 2.20. The molecule has 1 aromatic heterocycles. The SMILES string of the molecule is CCNC(CCc1c(C)nn(C)c1C)C1=CCCO1. The van der Waals surface area contributed by atoms with E-state index in [2.05, 4.69) is 37.3 Å². The van der Waals surface area contributed by atoms with E-state index in [0.29, 0.717) is 6.04 Å². The summed E-state index contributed by atoms with van der Waals surface area (Å²) in [5.74, 6) is 1.13. The zero-order valence-corrected chi connectivity index (χ0v) is 12.5. The Morgan fingerprint density at radius 2 is 2.26 bits per heavy atom. The normalized spacial score (nSPS) is 16.3. The third kappa shape index (κ3) is 3.18. The minimum Gasteiger partial charge on any atom is -0.496 e. The highest BCUT2D eigenvalue weighted by Gasteiger charge is 2.19. The van der Waals surface area contributed by atoms with Crippen molar-refractivity contribution in [2.24, 2.45) is 7.05 Å². The molecule has 0 fully saturated rings. The molecule has 0 radical (unpaired) electrons. The molecule has 0 aliphatic carbocycles. The van der Waals surface area contributed by atoms with Crippen LogP contribution in [0.3, 0.4) is 0 Å². The number of hydrogen-bond acceptors (Lipinski definition) is 3. The van der Waals surface area contributed by atoms with Gasteiger partial charge in [0.25, 0.3) is 0 Å². The van der Waals surface area contributed by atoms with E-state index in [1.54, 1.807) is 0 Å². The average Bonchev–Trinajstić information content (AvgIpc) is 2.97. The van der Waals surface area contributed by atoms with Crippen LogP contribution < -0.4 is 5.32 Å². The molecule has 1 unspecified atom stereocenters. The van der Waals surface area contributed by atoms with Gasteiger partial charge in [-0.05, 0) is 44.9 Å². The summed E-state index contributed by atoms with van der Waals surface area (Å²) >= 11 is 0. The molecule has 1 N–H and O–H groups in total. The van der Waals surface area contributed by atoms with Gasteiger partial charge in [-0.2, -0.15) is 5.10 Å². The zero-order chi connectivity index (χ0) is 13.8. The van der Waals surface area contributed by atoms with Crippen molar-refractivity contribution in [2.45, 2.75) is 46.1 Å². The van der Waals surface area contributed by atoms with E-state index >= 15 is 0 Å². The molecule has 0 amide bonds. The van der Waals surface area contributed by atoms with Crippen LogP contribution in [0.15, 0.2) is 11.8 Å². The van der Waals surface area contributed by atoms with Gasteiger partial charge in [0.05, 0.1) is 18.3 Å². The van der Waals surface area contributed by atoms with Crippen molar-refractivity contribution in [1.82, 2.24) is 15.1 Å². The molecule has 1 aliphatic heterocycles. The van der Waals surface area contributed by atoms with Gasteiger partial charge in [0.1, 0.15) is 5.76 Å². The van der Waals surface area contributed by atoms with Crippen LogP contribution in [-0.4, -0.2) is 29.0 Å². The summed E-state index contributed by atoms with van der Waals surface area (Å²) in [4.78, 5) is 0. The molecule has 0 saturated carbocycles. The first-order valence-electron chi connectivity index (χ1n) is 7.18. The first-order valence-corrected chi connectivity index (χ1v) is 7.18. The van der Waals surface area contributed by atoms with Gasteiger partial charge in [0, 0.05) is 19.2 Å². The van der Waals surface area contributed by atoms with Crippen LogP contribution in [0.1, 0.15) is 36.7 Å². The predicted molar refractivity (Wildman–Crippen MR) is 77.1 cm³/mol. The molecule has 0 bridgehead atoms. The van der Waals surface area contributed by atoms with E-state index in [0.717, 1.165) is 43.9 Å². The highest BCUT2D eigenvalue weighted by atomic mass is 16.5. The van der Waals surface area contributed by atoms with Crippen LogP contribution in [0.25, 0.3) is 0 Å². The van der Waals surface area contributed by atoms with Crippen molar-refractivity contribution in [3.05, 3.63) is 28.8 Å². The largest absolute Gasteiger partial charge is 0.496 e. The molecule has 4 heteroatoms. The number of hydrogen-bond donors (Lipinski definition) is 1. The summed E-state index contributed by atoms with van der Waals surface area (Å²) in [6, 6.07) is 0.339. The molecule has 0 saturated heterocycles. The average molecular weight is 263 g/mol. The van der Waals surface area contributed by atoms with Crippen molar-refractivity contribution in [1.29, 1.82) is 0 Å². The van der Waals surface area contributed by atoms with Crippen molar-refractivity contribution < 1.29 is 4.74 Å². The Labute approximate surface area is 115 Å². The molecule has 0 aromatic carbocycles. The lowest BCUT2D eigenvalue weighted by Crippen LogP contribution is -2.31. The smallest absolute Gasteiger partial charge is 0.109 e. The van der Waals surface area contributed by atoms with Crippen LogP contribution >= 0.6 is 0 Å². The van der Waals surface area contributed by atoms with Crippen LogP contribution in [0, 0.1) is 13.8 Å². The van der Waals surface area contributed by atoms with E-state index in [1.807, 2.05) is 11.7 Å². The zero-order valence-electron chi connectivity index (χ0n) is 12.5. The van der Waals surface area contributed by atoms with E-state index in [-0.39, 0.29) is 0 Å². The monoisotopic (exact) mass is 263 g/mol.